The molecule has 3 aliphatic heterocycles. The number of pyridine rings is 1. The van der Waals surface area contributed by atoms with Crippen LogP contribution >= 0.6 is 0 Å². The molecule has 2 saturated heterocycles. The van der Waals surface area contributed by atoms with Crippen molar-refractivity contribution in [2.24, 2.45) is 5.92 Å². The molecule has 7 nitrogen and oxygen atoms in total. The van der Waals surface area contributed by atoms with Gasteiger partial charge in [-0.2, -0.15) is 0 Å². The van der Waals surface area contributed by atoms with Crippen molar-refractivity contribution < 1.29 is 9.90 Å². The van der Waals surface area contributed by atoms with Crippen molar-refractivity contribution in [3.63, 3.8) is 0 Å². The third kappa shape index (κ3) is 6.33. The fourth-order valence-electron chi connectivity index (χ4n) is 5.88. The number of piperazine rings is 1. The smallest absolute Gasteiger partial charge is 0.304 e. The van der Waals surface area contributed by atoms with Crippen LogP contribution in [0.5, 0.6) is 0 Å². The van der Waals surface area contributed by atoms with E-state index < -0.39 is 5.97 Å². The summed E-state index contributed by atoms with van der Waals surface area (Å²) in [4.78, 5) is 21.5. The number of carboxylic acid groups (broad SMARTS) is 1. The maximum Gasteiger partial charge on any atom is 0.304 e. The van der Waals surface area contributed by atoms with Gasteiger partial charge in [0.05, 0.1) is 6.42 Å². The number of carboxylic acids is 1. The molecule has 2 aromatic rings. The fraction of sp³-hybridized carbons (Fsp3) is 0.571. The van der Waals surface area contributed by atoms with Crippen molar-refractivity contribution in [2.45, 2.75) is 44.4 Å². The molecule has 0 spiro atoms. The van der Waals surface area contributed by atoms with Gasteiger partial charge in [0.1, 0.15) is 5.82 Å². The Bertz CT molecular complexity index is 1010. The molecular formula is C28H39N5O2. The van der Waals surface area contributed by atoms with Gasteiger partial charge in [-0.1, -0.05) is 18.2 Å². The third-order valence-electron chi connectivity index (χ3n) is 7.85. The average Bonchev–Trinajstić information content (AvgIpc) is 3.34. The number of carbonyl (C=O) groups is 1. The molecule has 5 rings (SSSR count). The molecule has 0 saturated carbocycles. The standard InChI is InChI=1S/C28H39N5O2/c34-27(35)18-24(23-3-1-5-26(17-23)33-15-12-29-13-16-33)20-32-14-10-21(19-32)6-8-25-9-7-22-4-2-11-30-28(22)31-25/h1,3,5,7,9,17,21,24,29H,2,4,6,8,10-16,18-20H2,(H,30,31)(H,34,35)/t21-,24?/m1/s1. The maximum atomic E-state index is 11.7. The zero-order chi connectivity index (χ0) is 24.0. The SMILES string of the molecule is O=C(O)CC(CN1CC[C@@H](CCc2ccc3c(n2)NCCC3)C1)c1cccc(N2CCNCC2)c1. The second-order valence-corrected chi connectivity index (χ2v) is 10.4. The topological polar surface area (TPSA) is 80.7 Å². The molecule has 0 radical (unpaired) electrons. The lowest BCUT2D eigenvalue weighted by Gasteiger charge is -2.30. The summed E-state index contributed by atoms with van der Waals surface area (Å²) >= 11 is 0. The number of aryl methyl sites for hydroxylation is 2. The molecule has 3 N–H and O–H groups in total. The molecule has 4 heterocycles. The first-order valence-corrected chi connectivity index (χ1v) is 13.4. The van der Waals surface area contributed by atoms with Gasteiger partial charge in [-0.25, -0.2) is 4.98 Å². The van der Waals surface area contributed by atoms with E-state index in [9.17, 15) is 9.90 Å². The van der Waals surface area contributed by atoms with Gasteiger partial charge >= 0.3 is 5.97 Å². The summed E-state index contributed by atoms with van der Waals surface area (Å²) in [6.45, 7) is 7.93. The van der Waals surface area contributed by atoms with Crippen LogP contribution in [0.25, 0.3) is 0 Å². The van der Waals surface area contributed by atoms with Crippen LogP contribution in [0.15, 0.2) is 36.4 Å². The molecule has 0 bridgehead atoms. The third-order valence-corrected chi connectivity index (χ3v) is 7.85. The highest BCUT2D eigenvalue weighted by Crippen LogP contribution is 2.29. The molecule has 2 atom stereocenters. The Morgan fingerprint density at radius 3 is 2.89 bits per heavy atom. The second kappa shape index (κ2) is 11.4. The summed E-state index contributed by atoms with van der Waals surface area (Å²) in [6, 6.07) is 13.0. The first-order valence-electron chi connectivity index (χ1n) is 13.4. The predicted octanol–water partition coefficient (Wildman–Crippen LogP) is 3.36. The van der Waals surface area contributed by atoms with Crippen LogP contribution in [0, 0.1) is 5.92 Å². The molecular weight excluding hydrogens is 438 g/mol. The number of nitrogens with zero attached hydrogens (tertiary/aromatic N) is 3. The number of fused-ring (bicyclic) bond motifs is 1. The zero-order valence-electron chi connectivity index (χ0n) is 20.7. The van der Waals surface area contributed by atoms with Crippen molar-refractivity contribution >= 4 is 17.5 Å². The minimum atomic E-state index is -0.717. The number of nitrogens with one attached hydrogen (secondary N) is 2. The van der Waals surface area contributed by atoms with Gasteiger partial charge in [-0.15, -0.1) is 0 Å². The van der Waals surface area contributed by atoms with Crippen LogP contribution in [0.1, 0.15) is 48.4 Å². The summed E-state index contributed by atoms with van der Waals surface area (Å²) in [5.74, 6) is 1.03. The van der Waals surface area contributed by atoms with Gasteiger partial charge in [-0.3, -0.25) is 4.79 Å². The molecule has 0 amide bonds. The molecule has 1 aromatic heterocycles. The normalized spacial score (nSPS) is 21.4. The summed E-state index contributed by atoms with van der Waals surface area (Å²) in [7, 11) is 0. The summed E-state index contributed by atoms with van der Waals surface area (Å²) in [5.41, 5.74) is 4.89. The van der Waals surface area contributed by atoms with Crippen LogP contribution in [-0.2, 0) is 17.6 Å². The number of aromatic nitrogens is 1. The number of hydrogen-bond acceptors (Lipinski definition) is 6. The second-order valence-electron chi connectivity index (χ2n) is 10.4. The van der Waals surface area contributed by atoms with E-state index in [1.54, 1.807) is 0 Å². The van der Waals surface area contributed by atoms with Crippen LogP contribution in [0.3, 0.4) is 0 Å². The van der Waals surface area contributed by atoms with E-state index >= 15 is 0 Å². The average molecular weight is 478 g/mol. The lowest BCUT2D eigenvalue weighted by molar-refractivity contribution is -0.137. The first-order chi connectivity index (χ1) is 17.1. The number of likely N-dealkylation sites (tertiary alicyclic amines) is 1. The van der Waals surface area contributed by atoms with Crippen LogP contribution < -0.4 is 15.5 Å². The maximum absolute atomic E-state index is 11.7. The molecule has 7 heteroatoms. The highest BCUT2D eigenvalue weighted by molar-refractivity contribution is 5.68. The van der Waals surface area contributed by atoms with Gasteiger partial charge in [0.2, 0.25) is 0 Å². The monoisotopic (exact) mass is 477 g/mol. The van der Waals surface area contributed by atoms with Crippen LogP contribution in [0.4, 0.5) is 11.5 Å². The van der Waals surface area contributed by atoms with Crippen molar-refractivity contribution in [1.29, 1.82) is 0 Å². The first kappa shape index (κ1) is 24.1. The van der Waals surface area contributed by atoms with E-state index in [-0.39, 0.29) is 12.3 Å². The molecule has 1 unspecified atom stereocenters. The van der Waals surface area contributed by atoms with Crippen molar-refractivity contribution in [3.8, 4) is 0 Å². The van der Waals surface area contributed by atoms with Gasteiger partial charge in [0, 0.05) is 63.1 Å². The summed E-state index contributed by atoms with van der Waals surface area (Å²) in [6.07, 6.45) is 5.84. The van der Waals surface area contributed by atoms with Gasteiger partial charge < -0.3 is 25.5 Å². The van der Waals surface area contributed by atoms with Crippen molar-refractivity contribution in [2.75, 3.05) is 62.6 Å². The summed E-state index contributed by atoms with van der Waals surface area (Å²) < 4.78 is 0. The van der Waals surface area contributed by atoms with E-state index in [2.05, 4.69) is 56.8 Å². The highest BCUT2D eigenvalue weighted by atomic mass is 16.4. The Balaban J connectivity index is 1.17. The van der Waals surface area contributed by atoms with E-state index in [0.717, 1.165) is 83.0 Å². The Morgan fingerprint density at radius 1 is 1.14 bits per heavy atom. The van der Waals surface area contributed by atoms with Crippen LogP contribution in [-0.4, -0.2) is 73.3 Å². The molecule has 188 valence electrons. The Hall–Kier alpha value is -2.64. The van der Waals surface area contributed by atoms with Crippen molar-refractivity contribution in [3.05, 3.63) is 53.2 Å². The quantitative estimate of drug-likeness (QED) is 0.511. The van der Waals surface area contributed by atoms with E-state index in [1.807, 2.05) is 0 Å². The van der Waals surface area contributed by atoms with E-state index in [4.69, 9.17) is 4.98 Å². The Kier molecular flexibility index (Phi) is 7.84. The van der Waals surface area contributed by atoms with Gasteiger partial charge in [0.15, 0.2) is 0 Å². The van der Waals surface area contributed by atoms with E-state index in [1.165, 1.54) is 29.8 Å². The predicted molar refractivity (Wildman–Crippen MR) is 140 cm³/mol. The minimum absolute atomic E-state index is 0.0162. The number of hydrogen-bond donors (Lipinski definition) is 3. The zero-order valence-corrected chi connectivity index (χ0v) is 20.7. The number of anilines is 2. The van der Waals surface area contributed by atoms with E-state index in [0.29, 0.717) is 5.92 Å². The number of rotatable bonds is 9. The molecule has 2 fully saturated rings. The van der Waals surface area contributed by atoms with Crippen molar-refractivity contribution in [1.82, 2.24) is 15.2 Å². The van der Waals surface area contributed by atoms with Gasteiger partial charge in [-0.05, 0) is 73.9 Å². The number of benzene rings is 1. The molecule has 0 aliphatic carbocycles. The highest BCUT2D eigenvalue weighted by Gasteiger charge is 2.27. The Labute approximate surface area is 208 Å². The van der Waals surface area contributed by atoms with Crippen LogP contribution in [0.2, 0.25) is 0 Å². The Morgan fingerprint density at radius 2 is 2.03 bits per heavy atom. The fourth-order valence-corrected chi connectivity index (χ4v) is 5.88. The lowest BCUT2D eigenvalue weighted by Crippen LogP contribution is -2.43. The van der Waals surface area contributed by atoms with Gasteiger partial charge in [0.25, 0.3) is 0 Å². The largest absolute Gasteiger partial charge is 0.481 e. The lowest BCUT2D eigenvalue weighted by atomic mass is 9.94. The summed E-state index contributed by atoms with van der Waals surface area (Å²) in [5, 5.41) is 16.5. The number of aliphatic carboxylic acids is 1. The molecule has 3 aliphatic rings. The molecule has 35 heavy (non-hydrogen) atoms. The minimum Gasteiger partial charge on any atom is -0.481 e. The molecule has 1 aromatic carbocycles.